The van der Waals surface area contributed by atoms with Crippen LogP contribution in [0.4, 0.5) is 5.95 Å². The van der Waals surface area contributed by atoms with Crippen LogP contribution < -0.4 is 10.2 Å². The number of nitrogens with zero attached hydrogens (tertiary/aromatic N) is 4. The zero-order chi connectivity index (χ0) is 13.4. The molecule has 2 N–H and O–H groups in total. The van der Waals surface area contributed by atoms with Gasteiger partial charge in [-0.2, -0.15) is 4.98 Å². The first-order valence-corrected chi connectivity index (χ1v) is 7.23. The minimum absolute atomic E-state index is 0.0665. The van der Waals surface area contributed by atoms with E-state index in [0.29, 0.717) is 5.89 Å². The van der Waals surface area contributed by atoms with E-state index >= 15 is 0 Å². The van der Waals surface area contributed by atoms with Gasteiger partial charge in [-0.3, -0.25) is 5.32 Å². The molecule has 7 heteroatoms. The Morgan fingerprint density at radius 3 is 3.05 bits per heavy atom. The van der Waals surface area contributed by atoms with Crippen LogP contribution in [-0.4, -0.2) is 33.2 Å². The summed E-state index contributed by atoms with van der Waals surface area (Å²) in [6, 6.07) is 0.0665. The largest absolute Gasteiger partial charge is 0.347 e. The summed E-state index contributed by atoms with van der Waals surface area (Å²) in [5.74, 6) is 1.40. The molecule has 0 amide bonds. The van der Waals surface area contributed by atoms with Gasteiger partial charge in [-0.15, -0.1) is 0 Å². The Bertz CT molecular complexity index is 585. The van der Waals surface area contributed by atoms with Gasteiger partial charge in [0.15, 0.2) is 0 Å². The van der Waals surface area contributed by atoms with E-state index in [0.717, 1.165) is 43.4 Å². The molecule has 0 radical (unpaired) electrons. The number of imidazole rings is 1. The SMILES string of the molecule is c1nc2c([nH]1)CNC(c1nc(N3CCCCC3)no1)C2. The third-order valence-corrected chi connectivity index (χ3v) is 4.10. The molecule has 0 bridgehead atoms. The van der Waals surface area contributed by atoms with Gasteiger partial charge in [0.1, 0.15) is 0 Å². The van der Waals surface area contributed by atoms with Crippen molar-refractivity contribution in [2.45, 2.75) is 38.3 Å². The molecule has 2 aromatic heterocycles. The summed E-state index contributed by atoms with van der Waals surface area (Å²) in [4.78, 5) is 14.2. The molecule has 0 aliphatic carbocycles. The lowest BCUT2D eigenvalue weighted by atomic mass is 10.1. The van der Waals surface area contributed by atoms with Crippen LogP contribution in [0.25, 0.3) is 0 Å². The van der Waals surface area contributed by atoms with E-state index < -0.39 is 0 Å². The lowest BCUT2D eigenvalue weighted by Gasteiger charge is -2.24. The Kier molecular flexibility index (Phi) is 2.91. The molecule has 4 rings (SSSR count). The molecule has 7 nitrogen and oxygen atoms in total. The molecule has 1 fully saturated rings. The van der Waals surface area contributed by atoms with Crippen molar-refractivity contribution in [2.24, 2.45) is 0 Å². The van der Waals surface area contributed by atoms with Crippen molar-refractivity contribution in [1.82, 2.24) is 25.4 Å². The molecule has 2 aliphatic heterocycles. The molecule has 1 unspecified atom stereocenters. The summed E-state index contributed by atoms with van der Waals surface area (Å²) < 4.78 is 5.45. The third kappa shape index (κ3) is 2.07. The fourth-order valence-corrected chi connectivity index (χ4v) is 2.93. The second-order valence-corrected chi connectivity index (χ2v) is 5.45. The van der Waals surface area contributed by atoms with Gasteiger partial charge in [0.2, 0.25) is 5.89 Å². The molecular weight excluding hydrogens is 256 g/mol. The van der Waals surface area contributed by atoms with Crippen molar-refractivity contribution in [3.63, 3.8) is 0 Å². The molecule has 0 spiro atoms. The van der Waals surface area contributed by atoms with Gasteiger partial charge in [-0.1, -0.05) is 0 Å². The molecule has 106 valence electrons. The molecule has 0 saturated carbocycles. The number of rotatable bonds is 2. The maximum absolute atomic E-state index is 5.45. The van der Waals surface area contributed by atoms with E-state index in [9.17, 15) is 0 Å². The van der Waals surface area contributed by atoms with Gasteiger partial charge in [0.05, 0.1) is 23.8 Å². The van der Waals surface area contributed by atoms with Crippen LogP contribution in [0.15, 0.2) is 10.9 Å². The first-order chi connectivity index (χ1) is 9.90. The van der Waals surface area contributed by atoms with Crippen LogP contribution in [0.3, 0.4) is 0 Å². The average Bonchev–Trinajstić information content (AvgIpc) is 3.16. The van der Waals surface area contributed by atoms with Crippen molar-refractivity contribution < 1.29 is 4.52 Å². The summed E-state index contributed by atoms with van der Waals surface area (Å²) in [6.07, 6.45) is 6.25. The van der Waals surface area contributed by atoms with Gasteiger partial charge >= 0.3 is 0 Å². The lowest BCUT2D eigenvalue weighted by molar-refractivity contribution is 0.318. The summed E-state index contributed by atoms with van der Waals surface area (Å²) in [7, 11) is 0. The second kappa shape index (κ2) is 4.90. The predicted octanol–water partition coefficient (Wildman–Crippen LogP) is 1.17. The number of hydrogen-bond acceptors (Lipinski definition) is 6. The van der Waals surface area contributed by atoms with Crippen LogP contribution in [0.2, 0.25) is 0 Å². The van der Waals surface area contributed by atoms with E-state index in [2.05, 4.69) is 30.3 Å². The first-order valence-electron chi connectivity index (χ1n) is 7.23. The number of anilines is 1. The highest BCUT2D eigenvalue weighted by Crippen LogP contribution is 2.24. The minimum Gasteiger partial charge on any atom is -0.347 e. The van der Waals surface area contributed by atoms with E-state index in [4.69, 9.17) is 4.52 Å². The quantitative estimate of drug-likeness (QED) is 0.855. The number of piperidine rings is 1. The minimum atomic E-state index is 0.0665. The average molecular weight is 274 g/mol. The molecule has 1 saturated heterocycles. The van der Waals surface area contributed by atoms with Gasteiger partial charge in [0.25, 0.3) is 5.95 Å². The number of fused-ring (bicyclic) bond motifs is 1. The molecule has 4 heterocycles. The van der Waals surface area contributed by atoms with Gasteiger partial charge in [-0.05, 0) is 24.4 Å². The van der Waals surface area contributed by atoms with E-state index in [1.165, 1.54) is 19.3 Å². The smallest absolute Gasteiger partial charge is 0.266 e. The summed E-state index contributed by atoms with van der Waals surface area (Å²) >= 11 is 0. The highest BCUT2D eigenvalue weighted by Gasteiger charge is 2.27. The zero-order valence-electron chi connectivity index (χ0n) is 11.3. The molecular formula is C13H18N6O. The first kappa shape index (κ1) is 11.9. The molecule has 0 aromatic carbocycles. The van der Waals surface area contributed by atoms with Crippen molar-refractivity contribution in [1.29, 1.82) is 0 Å². The standard InChI is InChI=1S/C13H18N6O/c1-2-4-19(5-3-1)13-17-12(20-18-13)10-6-9-11(7-14-10)16-8-15-9/h8,10,14H,1-7H2,(H,15,16). The fraction of sp³-hybridized carbons (Fsp3) is 0.615. The summed E-state index contributed by atoms with van der Waals surface area (Å²) in [6.45, 7) is 2.82. The predicted molar refractivity (Wildman–Crippen MR) is 72.2 cm³/mol. The number of H-pyrrole nitrogens is 1. The topological polar surface area (TPSA) is 82.9 Å². The third-order valence-electron chi connectivity index (χ3n) is 4.10. The monoisotopic (exact) mass is 274 g/mol. The molecule has 20 heavy (non-hydrogen) atoms. The van der Waals surface area contributed by atoms with Crippen LogP contribution in [0, 0.1) is 0 Å². The van der Waals surface area contributed by atoms with Crippen molar-refractivity contribution in [2.75, 3.05) is 18.0 Å². The Hall–Kier alpha value is -1.89. The van der Waals surface area contributed by atoms with Crippen LogP contribution in [-0.2, 0) is 13.0 Å². The van der Waals surface area contributed by atoms with Gasteiger partial charge in [0, 0.05) is 26.1 Å². The number of nitrogens with one attached hydrogen (secondary N) is 2. The highest BCUT2D eigenvalue weighted by molar-refractivity contribution is 5.29. The lowest BCUT2D eigenvalue weighted by Crippen LogP contribution is -2.31. The Morgan fingerprint density at radius 2 is 2.15 bits per heavy atom. The molecule has 2 aliphatic rings. The summed E-state index contributed by atoms with van der Waals surface area (Å²) in [5, 5.41) is 7.54. The van der Waals surface area contributed by atoms with E-state index in [-0.39, 0.29) is 6.04 Å². The maximum atomic E-state index is 5.45. The summed E-state index contributed by atoms with van der Waals surface area (Å²) in [5.41, 5.74) is 2.24. The van der Waals surface area contributed by atoms with Crippen molar-refractivity contribution >= 4 is 5.95 Å². The highest BCUT2D eigenvalue weighted by atomic mass is 16.5. The zero-order valence-corrected chi connectivity index (χ0v) is 11.3. The van der Waals surface area contributed by atoms with E-state index in [1.807, 2.05) is 0 Å². The maximum Gasteiger partial charge on any atom is 0.266 e. The van der Waals surface area contributed by atoms with Crippen molar-refractivity contribution in [3.05, 3.63) is 23.6 Å². The van der Waals surface area contributed by atoms with Crippen LogP contribution in [0.1, 0.15) is 42.6 Å². The van der Waals surface area contributed by atoms with Gasteiger partial charge in [-0.25, -0.2) is 4.98 Å². The number of aromatic amines is 1. The number of hydrogen-bond donors (Lipinski definition) is 2. The van der Waals surface area contributed by atoms with Crippen LogP contribution >= 0.6 is 0 Å². The number of aromatic nitrogens is 4. The molecule has 1 atom stereocenters. The Labute approximate surface area is 116 Å². The Balaban J connectivity index is 1.51. The van der Waals surface area contributed by atoms with Crippen molar-refractivity contribution in [3.8, 4) is 0 Å². The van der Waals surface area contributed by atoms with E-state index in [1.54, 1.807) is 6.33 Å². The molecule has 2 aromatic rings. The van der Waals surface area contributed by atoms with Crippen LogP contribution in [0.5, 0.6) is 0 Å². The Morgan fingerprint density at radius 1 is 1.25 bits per heavy atom. The second-order valence-electron chi connectivity index (χ2n) is 5.45. The van der Waals surface area contributed by atoms with Gasteiger partial charge < -0.3 is 14.4 Å². The fourth-order valence-electron chi connectivity index (χ4n) is 2.93. The normalized spacial score (nSPS) is 22.8.